The molecule has 1 aromatic carbocycles. The largest absolute Gasteiger partial charge is 0.325 e. The fourth-order valence-electron chi connectivity index (χ4n) is 3.77. The van der Waals surface area contributed by atoms with Crippen LogP contribution < -0.4 is 5.56 Å². The Morgan fingerprint density at radius 2 is 1.89 bits per heavy atom. The van der Waals surface area contributed by atoms with Gasteiger partial charge in [0.25, 0.3) is 5.56 Å². The van der Waals surface area contributed by atoms with Gasteiger partial charge in [-0.1, -0.05) is 29.5 Å². The third-order valence-electron chi connectivity index (χ3n) is 5.50. The minimum absolute atomic E-state index is 0.0414. The second-order valence-corrected chi connectivity index (χ2v) is 9.68. The lowest BCUT2D eigenvalue weighted by atomic mass is 10.1. The highest BCUT2D eigenvalue weighted by molar-refractivity contribution is 7.99. The fourth-order valence-corrected chi connectivity index (χ4v) is 5.72. The second-order valence-electron chi connectivity index (χ2n) is 7.70. The number of thiophene rings is 1. The SMILES string of the molecule is Cc1ccc(-n2c(SCC[N+]3(C)CCCCC3)nc3ccsc3c2=O)cc1. The van der Waals surface area contributed by atoms with Gasteiger partial charge < -0.3 is 4.48 Å². The molecule has 4 nitrogen and oxygen atoms in total. The average molecular weight is 401 g/mol. The summed E-state index contributed by atoms with van der Waals surface area (Å²) in [6.07, 6.45) is 4.02. The normalized spacial score (nSPS) is 16.7. The molecule has 3 aromatic rings. The number of nitrogens with zero attached hydrogens (tertiary/aromatic N) is 3. The number of quaternary nitrogens is 1. The summed E-state index contributed by atoms with van der Waals surface area (Å²) >= 11 is 3.18. The maximum absolute atomic E-state index is 13.1. The van der Waals surface area contributed by atoms with Gasteiger partial charge in [0.2, 0.25) is 0 Å². The number of thioether (sulfide) groups is 1. The number of likely N-dealkylation sites (tertiary alicyclic amines) is 1. The quantitative estimate of drug-likeness (QED) is 0.360. The van der Waals surface area contributed by atoms with Crippen molar-refractivity contribution in [2.45, 2.75) is 31.3 Å². The third-order valence-corrected chi connectivity index (χ3v) is 7.31. The van der Waals surface area contributed by atoms with E-state index in [4.69, 9.17) is 4.98 Å². The van der Waals surface area contributed by atoms with Crippen molar-refractivity contribution in [3.05, 3.63) is 51.6 Å². The van der Waals surface area contributed by atoms with Crippen LogP contribution in [0.5, 0.6) is 0 Å². The molecule has 142 valence electrons. The van der Waals surface area contributed by atoms with Crippen molar-refractivity contribution >= 4 is 33.3 Å². The number of rotatable bonds is 5. The van der Waals surface area contributed by atoms with E-state index in [2.05, 4.69) is 26.1 Å². The van der Waals surface area contributed by atoms with Gasteiger partial charge in [-0.25, -0.2) is 4.98 Å². The minimum atomic E-state index is 0.0414. The molecule has 1 saturated heterocycles. The molecule has 0 amide bonds. The molecule has 0 saturated carbocycles. The Morgan fingerprint density at radius 1 is 1.15 bits per heavy atom. The topological polar surface area (TPSA) is 34.9 Å². The van der Waals surface area contributed by atoms with Crippen LogP contribution in [0.4, 0.5) is 0 Å². The zero-order chi connectivity index (χ0) is 18.9. The van der Waals surface area contributed by atoms with Crippen LogP contribution in [0.25, 0.3) is 15.9 Å². The summed E-state index contributed by atoms with van der Waals surface area (Å²) in [7, 11) is 2.36. The van der Waals surface area contributed by atoms with Gasteiger partial charge in [0, 0.05) is 0 Å². The Morgan fingerprint density at radius 3 is 2.63 bits per heavy atom. The lowest BCUT2D eigenvalue weighted by Crippen LogP contribution is -2.49. The van der Waals surface area contributed by atoms with Crippen molar-refractivity contribution in [2.24, 2.45) is 0 Å². The number of benzene rings is 1. The van der Waals surface area contributed by atoms with Gasteiger partial charge in [-0.3, -0.25) is 9.36 Å². The van der Waals surface area contributed by atoms with Crippen LogP contribution in [0, 0.1) is 6.92 Å². The fraction of sp³-hybridized carbons (Fsp3) is 0.429. The van der Waals surface area contributed by atoms with Crippen molar-refractivity contribution in [1.29, 1.82) is 0 Å². The number of hydrogen-bond acceptors (Lipinski definition) is 4. The summed E-state index contributed by atoms with van der Waals surface area (Å²) in [5.41, 5.74) is 2.94. The molecule has 6 heteroatoms. The first kappa shape index (κ1) is 18.7. The second kappa shape index (κ2) is 7.78. The van der Waals surface area contributed by atoms with Crippen LogP contribution >= 0.6 is 23.1 Å². The molecule has 0 radical (unpaired) electrons. The van der Waals surface area contributed by atoms with E-state index >= 15 is 0 Å². The van der Waals surface area contributed by atoms with Crippen LogP contribution in [-0.4, -0.2) is 46.5 Å². The molecule has 4 rings (SSSR count). The smallest absolute Gasteiger partial charge is 0.276 e. The molecule has 0 spiro atoms. The molecule has 0 aliphatic carbocycles. The molecule has 0 N–H and O–H groups in total. The van der Waals surface area contributed by atoms with E-state index in [0.29, 0.717) is 0 Å². The Labute approximate surface area is 168 Å². The van der Waals surface area contributed by atoms with Gasteiger partial charge in [0.1, 0.15) is 4.70 Å². The van der Waals surface area contributed by atoms with Crippen molar-refractivity contribution in [3.8, 4) is 5.69 Å². The van der Waals surface area contributed by atoms with Crippen molar-refractivity contribution < 1.29 is 4.48 Å². The molecule has 0 bridgehead atoms. The Bertz CT molecular complexity index is 985. The number of aromatic nitrogens is 2. The number of aryl methyl sites for hydroxylation is 1. The van der Waals surface area contributed by atoms with Crippen molar-refractivity contribution in [3.63, 3.8) is 0 Å². The molecular weight excluding hydrogens is 374 g/mol. The van der Waals surface area contributed by atoms with Crippen LogP contribution in [0.15, 0.2) is 45.7 Å². The summed E-state index contributed by atoms with van der Waals surface area (Å²) in [4.78, 5) is 18.0. The van der Waals surface area contributed by atoms with E-state index in [-0.39, 0.29) is 5.56 Å². The molecule has 1 fully saturated rings. The van der Waals surface area contributed by atoms with Crippen molar-refractivity contribution in [2.75, 3.05) is 32.4 Å². The predicted octanol–water partition coefficient (Wildman–Crippen LogP) is 4.48. The van der Waals surface area contributed by atoms with Crippen molar-refractivity contribution in [1.82, 2.24) is 9.55 Å². The zero-order valence-corrected chi connectivity index (χ0v) is 17.6. The Kier molecular flexibility index (Phi) is 5.39. The maximum atomic E-state index is 13.1. The summed E-state index contributed by atoms with van der Waals surface area (Å²) in [6, 6.07) is 10.1. The van der Waals surface area contributed by atoms with Gasteiger partial charge in [-0.15, -0.1) is 11.3 Å². The maximum Gasteiger partial charge on any atom is 0.276 e. The first-order valence-electron chi connectivity index (χ1n) is 9.59. The highest BCUT2D eigenvalue weighted by Crippen LogP contribution is 2.25. The molecule has 2 aromatic heterocycles. The lowest BCUT2D eigenvalue weighted by Gasteiger charge is -2.37. The first-order valence-corrected chi connectivity index (χ1v) is 11.5. The van der Waals surface area contributed by atoms with Gasteiger partial charge in [0.15, 0.2) is 5.16 Å². The van der Waals surface area contributed by atoms with E-state index in [1.807, 2.05) is 23.6 Å². The summed E-state index contributed by atoms with van der Waals surface area (Å²) < 4.78 is 3.66. The number of piperidine rings is 1. The van der Waals surface area contributed by atoms with Gasteiger partial charge in [0.05, 0.1) is 43.6 Å². The van der Waals surface area contributed by atoms with Gasteiger partial charge in [-0.2, -0.15) is 0 Å². The van der Waals surface area contributed by atoms with Crippen LogP contribution in [-0.2, 0) is 0 Å². The standard InChI is InChI=1S/C21H26N3OS2/c1-16-6-8-17(9-7-16)23-20(25)19-18(10-14-26-19)22-21(23)27-15-13-24(2)11-4-3-5-12-24/h6-10,14H,3-5,11-13,15H2,1-2H3/q+1. The third kappa shape index (κ3) is 3.98. The van der Waals surface area contributed by atoms with E-state index < -0.39 is 0 Å². The Hall–Kier alpha value is -1.63. The van der Waals surface area contributed by atoms with E-state index in [1.54, 1.807) is 16.3 Å². The van der Waals surface area contributed by atoms with Gasteiger partial charge >= 0.3 is 0 Å². The minimum Gasteiger partial charge on any atom is -0.325 e. The molecule has 1 aliphatic heterocycles. The molecule has 3 heterocycles. The highest BCUT2D eigenvalue weighted by atomic mass is 32.2. The lowest BCUT2D eigenvalue weighted by molar-refractivity contribution is -0.911. The summed E-state index contributed by atoms with van der Waals surface area (Å²) in [5.74, 6) is 0.977. The number of fused-ring (bicyclic) bond motifs is 1. The highest BCUT2D eigenvalue weighted by Gasteiger charge is 2.24. The average Bonchev–Trinajstić information content (AvgIpc) is 3.12. The monoisotopic (exact) mass is 400 g/mol. The summed E-state index contributed by atoms with van der Waals surface area (Å²) in [6.45, 7) is 5.71. The molecule has 1 aliphatic rings. The van der Waals surface area contributed by atoms with E-state index in [0.717, 1.165) is 37.8 Å². The predicted molar refractivity (Wildman–Crippen MR) is 115 cm³/mol. The zero-order valence-electron chi connectivity index (χ0n) is 16.0. The Balaban J connectivity index is 1.65. The van der Waals surface area contributed by atoms with Crippen LogP contribution in [0.2, 0.25) is 0 Å². The number of hydrogen-bond donors (Lipinski definition) is 0. The van der Waals surface area contributed by atoms with E-state index in [9.17, 15) is 4.79 Å². The molecular formula is C21H26N3OS2+. The molecule has 0 atom stereocenters. The van der Waals surface area contributed by atoms with E-state index in [1.165, 1.54) is 49.3 Å². The van der Waals surface area contributed by atoms with Crippen LogP contribution in [0.1, 0.15) is 24.8 Å². The van der Waals surface area contributed by atoms with Gasteiger partial charge in [-0.05, 0) is 49.8 Å². The van der Waals surface area contributed by atoms with Crippen LogP contribution in [0.3, 0.4) is 0 Å². The molecule has 27 heavy (non-hydrogen) atoms. The first-order chi connectivity index (χ1) is 13.1. The molecule has 0 unspecified atom stereocenters. The summed E-state index contributed by atoms with van der Waals surface area (Å²) in [5, 5.41) is 2.76.